The highest BCUT2D eigenvalue weighted by molar-refractivity contribution is 6.31. The van der Waals surface area contributed by atoms with Gasteiger partial charge in [0.2, 0.25) is 0 Å². The van der Waals surface area contributed by atoms with Gasteiger partial charge in [-0.2, -0.15) is 0 Å². The fourth-order valence-corrected chi connectivity index (χ4v) is 7.22. The number of anilines is 2. The van der Waals surface area contributed by atoms with Crippen molar-refractivity contribution >= 4 is 58.4 Å². The van der Waals surface area contributed by atoms with E-state index in [0.717, 1.165) is 22.6 Å². The number of urea groups is 2. The zero-order chi connectivity index (χ0) is 40.6. The average molecular weight is 821 g/mol. The number of carbonyl (C=O) groups is 4. The Kier molecular flexibility index (Phi) is 13.8. The summed E-state index contributed by atoms with van der Waals surface area (Å²) in [5.74, 6) is -1.23. The highest BCUT2D eigenvalue weighted by Gasteiger charge is 2.40. The molecule has 2 aliphatic heterocycles. The number of carboxylic acids is 1. The van der Waals surface area contributed by atoms with E-state index in [4.69, 9.17) is 28.3 Å². The Morgan fingerprint density at radius 1 is 0.719 bits per heavy atom. The van der Waals surface area contributed by atoms with Crippen molar-refractivity contribution in [3.05, 3.63) is 130 Å². The third kappa shape index (κ3) is 11.3. The lowest BCUT2D eigenvalue weighted by molar-refractivity contribution is -0.141. The summed E-state index contributed by atoms with van der Waals surface area (Å²) in [6.07, 6.45) is 0.779. The van der Waals surface area contributed by atoms with E-state index in [2.05, 4.69) is 16.0 Å². The SMILES string of the molecule is O=C(Cc1cc(C(NCC2CC2)c2ccccc2)ccc1F)[C@H]1C[C@@H](O)CN1C(=O)Nc1ccc(Cl)cc1.O=C(O)[C@H]1C[C@@H](O)CN1C(=O)Nc1ccc(Cl)cc1. The smallest absolute Gasteiger partial charge is 0.326 e. The number of hydrogen-bond acceptors (Lipinski definition) is 7. The number of hydrogen-bond donors (Lipinski definition) is 6. The zero-order valence-corrected chi connectivity index (χ0v) is 32.4. The molecule has 1 saturated carbocycles. The van der Waals surface area contributed by atoms with Crippen LogP contribution in [0.15, 0.2) is 97.1 Å². The van der Waals surface area contributed by atoms with E-state index >= 15 is 0 Å². The Hall–Kier alpha value is -5.05. The minimum atomic E-state index is -1.12. The number of nitrogens with one attached hydrogen (secondary N) is 3. The van der Waals surface area contributed by atoms with Crippen LogP contribution in [-0.4, -0.2) is 92.9 Å². The molecule has 0 bridgehead atoms. The van der Waals surface area contributed by atoms with Crippen LogP contribution >= 0.6 is 23.2 Å². The third-order valence-electron chi connectivity index (χ3n) is 10.1. The number of Topliss-reactive ketones (excluding diaryl/α,β-unsaturated/α-hetero) is 1. The van der Waals surface area contributed by atoms with Gasteiger partial charge in [0.05, 0.1) is 24.3 Å². The van der Waals surface area contributed by atoms with E-state index in [1.165, 1.54) is 23.8 Å². The van der Waals surface area contributed by atoms with Gasteiger partial charge in [-0.15, -0.1) is 0 Å². The number of aliphatic carboxylic acids is 1. The molecule has 2 saturated heterocycles. The Labute approximate surface area is 339 Å². The first-order valence-corrected chi connectivity index (χ1v) is 19.4. The van der Waals surface area contributed by atoms with E-state index in [1.54, 1.807) is 60.7 Å². The molecule has 6 N–H and O–H groups in total. The number of ketones is 1. The molecule has 57 heavy (non-hydrogen) atoms. The number of aliphatic hydroxyl groups is 2. The minimum Gasteiger partial charge on any atom is -0.480 e. The third-order valence-corrected chi connectivity index (χ3v) is 10.6. The van der Waals surface area contributed by atoms with Crippen LogP contribution in [0.5, 0.6) is 0 Å². The Morgan fingerprint density at radius 3 is 1.77 bits per heavy atom. The normalized spacial score (nSPS) is 20.6. The Balaban J connectivity index is 0.000000242. The van der Waals surface area contributed by atoms with E-state index in [9.17, 15) is 33.8 Å². The van der Waals surface area contributed by atoms with Gasteiger partial charge in [-0.25, -0.2) is 18.8 Å². The summed E-state index contributed by atoms with van der Waals surface area (Å²) < 4.78 is 14.9. The van der Waals surface area contributed by atoms with Gasteiger partial charge in [-0.05, 0) is 96.6 Å². The van der Waals surface area contributed by atoms with Crippen LogP contribution in [0.25, 0.3) is 0 Å². The number of carboxylic acid groups (broad SMARTS) is 1. The van der Waals surface area contributed by atoms with Crippen LogP contribution in [0, 0.1) is 11.7 Å². The maximum atomic E-state index is 14.9. The van der Waals surface area contributed by atoms with Crippen molar-refractivity contribution in [2.24, 2.45) is 5.92 Å². The van der Waals surface area contributed by atoms with Crippen molar-refractivity contribution < 1.29 is 38.9 Å². The number of amides is 4. The fraction of sp³-hybridized carbons (Fsp3) is 0.333. The first-order chi connectivity index (χ1) is 27.3. The molecule has 0 radical (unpaired) electrons. The lowest BCUT2D eigenvalue weighted by Gasteiger charge is -2.24. The van der Waals surface area contributed by atoms with Crippen LogP contribution in [0.3, 0.4) is 0 Å². The first kappa shape index (κ1) is 41.6. The summed E-state index contributed by atoms with van der Waals surface area (Å²) in [7, 11) is 0. The predicted molar refractivity (Wildman–Crippen MR) is 215 cm³/mol. The van der Waals surface area contributed by atoms with Crippen LogP contribution in [0.2, 0.25) is 10.0 Å². The second kappa shape index (κ2) is 18.9. The van der Waals surface area contributed by atoms with E-state index in [-0.39, 0.29) is 49.7 Å². The van der Waals surface area contributed by atoms with E-state index < -0.39 is 48.1 Å². The summed E-state index contributed by atoms with van der Waals surface area (Å²) in [5, 5.41) is 38.7. The second-order valence-electron chi connectivity index (χ2n) is 14.5. The van der Waals surface area contributed by atoms with Gasteiger partial charge in [-0.1, -0.05) is 65.7 Å². The highest BCUT2D eigenvalue weighted by atomic mass is 35.5. The molecule has 4 aromatic rings. The number of carbonyl (C=O) groups excluding carboxylic acids is 3. The van der Waals surface area contributed by atoms with Crippen LogP contribution in [0.1, 0.15) is 48.4 Å². The number of β-amino-alcohol motifs (C(OH)–C–C–N with tert-alkyl or cyclic N) is 2. The zero-order valence-electron chi connectivity index (χ0n) is 30.9. The van der Waals surface area contributed by atoms with Crippen LogP contribution in [0.4, 0.5) is 25.4 Å². The molecule has 0 aromatic heterocycles. The second-order valence-corrected chi connectivity index (χ2v) is 15.4. The predicted octanol–water partition coefficient (Wildman–Crippen LogP) is 6.74. The fourth-order valence-electron chi connectivity index (χ4n) is 6.97. The van der Waals surface area contributed by atoms with Crippen LogP contribution < -0.4 is 16.0 Å². The molecule has 1 aliphatic carbocycles. The van der Waals surface area contributed by atoms with Gasteiger partial charge in [0, 0.05) is 53.8 Å². The maximum absolute atomic E-state index is 14.9. The van der Waals surface area contributed by atoms with Gasteiger partial charge in [0.15, 0.2) is 5.78 Å². The quantitative estimate of drug-likeness (QED) is 0.0967. The van der Waals surface area contributed by atoms with Crippen molar-refractivity contribution in [1.29, 1.82) is 0 Å². The van der Waals surface area contributed by atoms with Gasteiger partial charge in [0.25, 0.3) is 0 Å². The molecule has 300 valence electrons. The first-order valence-electron chi connectivity index (χ1n) is 18.7. The van der Waals surface area contributed by atoms with Gasteiger partial charge in [0.1, 0.15) is 11.9 Å². The largest absolute Gasteiger partial charge is 0.480 e. The molecule has 4 amide bonds. The monoisotopic (exact) mass is 819 g/mol. The molecular weight excluding hydrogens is 776 g/mol. The summed E-state index contributed by atoms with van der Waals surface area (Å²) in [4.78, 5) is 51.7. The summed E-state index contributed by atoms with van der Waals surface area (Å²) in [6.45, 7) is 0.915. The number of aliphatic hydroxyl groups excluding tert-OH is 2. The summed E-state index contributed by atoms with van der Waals surface area (Å²) in [6, 6.07) is 24.9. The van der Waals surface area contributed by atoms with E-state index in [1.807, 2.05) is 30.3 Å². The molecular formula is C42H44Cl2FN5O7. The topological polar surface area (TPSA) is 172 Å². The molecule has 7 rings (SSSR count). The van der Waals surface area contributed by atoms with E-state index in [0.29, 0.717) is 27.3 Å². The van der Waals surface area contributed by atoms with Gasteiger partial charge < -0.3 is 41.1 Å². The van der Waals surface area contributed by atoms with Gasteiger partial charge in [-0.3, -0.25) is 4.79 Å². The maximum Gasteiger partial charge on any atom is 0.326 e. The molecule has 2 heterocycles. The van der Waals surface area contributed by atoms with Crippen molar-refractivity contribution in [2.45, 2.75) is 62.4 Å². The molecule has 15 heteroatoms. The van der Waals surface area contributed by atoms with Crippen LogP contribution in [-0.2, 0) is 16.0 Å². The number of rotatable bonds is 11. The Bertz CT molecular complexity index is 2040. The van der Waals surface area contributed by atoms with Gasteiger partial charge >= 0.3 is 18.0 Å². The average Bonchev–Trinajstić information content (AvgIpc) is 3.80. The molecule has 1 unspecified atom stereocenters. The van der Waals surface area contributed by atoms with Crippen molar-refractivity contribution in [1.82, 2.24) is 15.1 Å². The molecule has 12 nitrogen and oxygen atoms in total. The standard InChI is InChI=1S/C30H31ClFN3O3.C12H13ClN2O4/c31-23-9-11-24(12-10-23)34-30(38)35-18-25(36)16-27(35)28(37)15-22-14-21(8-13-26(22)32)29(33-17-19-6-7-19)20-4-2-1-3-5-20;13-7-1-3-8(4-2-7)14-12(19)15-6-9(16)5-10(15)11(17)18/h1-5,8-14,19,25,27,29,33,36H,6-7,15-18H2,(H,34,38);1-4,9-10,16H,5-6H2,(H,14,19)(H,17,18)/t25-,27-,29?;9-,10-/m11/s1. The molecule has 0 spiro atoms. The molecule has 4 aromatic carbocycles. The molecule has 3 aliphatic rings. The lowest BCUT2D eigenvalue weighted by atomic mass is 9.94. The van der Waals surface area contributed by atoms with Crippen molar-refractivity contribution in [2.75, 3.05) is 30.3 Å². The van der Waals surface area contributed by atoms with Crippen molar-refractivity contribution in [3.63, 3.8) is 0 Å². The summed E-state index contributed by atoms with van der Waals surface area (Å²) in [5.41, 5.74) is 3.27. The number of benzene rings is 4. The number of nitrogens with zero attached hydrogens (tertiary/aromatic N) is 2. The lowest BCUT2D eigenvalue weighted by Crippen LogP contribution is -2.43. The Morgan fingerprint density at radius 2 is 1.25 bits per heavy atom. The molecule has 5 atom stereocenters. The minimum absolute atomic E-state index is 0.0103. The molecule has 3 fully saturated rings. The summed E-state index contributed by atoms with van der Waals surface area (Å²) >= 11 is 11.6. The number of halogens is 3. The van der Waals surface area contributed by atoms with Crippen molar-refractivity contribution in [3.8, 4) is 0 Å². The highest BCUT2D eigenvalue weighted by Crippen LogP contribution is 2.31. The number of likely N-dealkylation sites (tertiary alicyclic amines) is 2.